The van der Waals surface area contributed by atoms with Gasteiger partial charge in [0.25, 0.3) is 5.91 Å². The third kappa shape index (κ3) is 4.11. The predicted octanol–water partition coefficient (Wildman–Crippen LogP) is 1.49. The fourth-order valence-electron chi connectivity index (χ4n) is 3.23. The van der Waals surface area contributed by atoms with E-state index >= 15 is 0 Å². The number of piperidine rings is 1. The fraction of sp³-hybridized carbons (Fsp3) is 0.421. The summed E-state index contributed by atoms with van der Waals surface area (Å²) in [6, 6.07) is 7.40. The molecule has 0 aliphatic carbocycles. The molecule has 7 heteroatoms. The summed E-state index contributed by atoms with van der Waals surface area (Å²) in [7, 11) is 1.60. The second-order valence-electron chi connectivity index (χ2n) is 6.35. The van der Waals surface area contributed by atoms with Gasteiger partial charge in [0.05, 0.1) is 24.4 Å². The Hall–Kier alpha value is -2.67. The molecule has 26 heavy (non-hydrogen) atoms. The second-order valence-corrected chi connectivity index (χ2v) is 6.35. The van der Waals surface area contributed by atoms with Gasteiger partial charge in [-0.2, -0.15) is 0 Å². The van der Waals surface area contributed by atoms with Crippen LogP contribution in [0.5, 0.6) is 0 Å². The minimum Gasteiger partial charge on any atom is -0.383 e. The molecular weight excluding hydrogens is 332 g/mol. The van der Waals surface area contributed by atoms with Crippen LogP contribution in [0.4, 0.5) is 0 Å². The lowest BCUT2D eigenvalue weighted by molar-refractivity contribution is -0.126. The van der Waals surface area contributed by atoms with Crippen LogP contribution in [0.15, 0.2) is 42.9 Å². The van der Waals surface area contributed by atoms with E-state index in [-0.39, 0.29) is 17.7 Å². The van der Waals surface area contributed by atoms with Gasteiger partial charge in [-0.3, -0.25) is 14.6 Å². The van der Waals surface area contributed by atoms with Crippen LogP contribution in [0.1, 0.15) is 23.3 Å². The van der Waals surface area contributed by atoms with Gasteiger partial charge in [-0.05, 0) is 37.1 Å². The second kappa shape index (κ2) is 8.62. The van der Waals surface area contributed by atoms with Gasteiger partial charge in [0, 0.05) is 39.1 Å². The Kier molecular flexibility index (Phi) is 6.01. The van der Waals surface area contributed by atoms with E-state index in [0.29, 0.717) is 31.9 Å². The molecule has 2 aromatic rings. The summed E-state index contributed by atoms with van der Waals surface area (Å²) in [6.45, 7) is 2.08. The van der Waals surface area contributed by atoms with Gasteiger partial charge in [-0.15, -0.1) is 0 Å². The number of hydrogen-bond donors (Lipinski definition) is 1. The molecule has 138 valence electrons. The van der Waals surface area contributed by atoms with Crippen molar-refractivity contribution in [2.75, 3.05) is 33.4 Å². The number of nitrogens with zero attached hydrogens (tertiary/aromatic N) is 3. The van der Waals surface area contributed by atoms with E-state index in [2.05, 4.69) is 10.3 Å². The zero-order chi connectivity index (χ0) is 18.4. The minimum atomic E-state index is -0.175. The maximum absolute atomic E-state index is 13.0. The summed E-state index contributed by atoms with van der Waals surface area (Å²) < 4.78 is 6.79. The molecule has 0 aromatic carbocycles. The topological polar surface area (TPSA) is 76.5 Å². The van der Waals surface area contributed by atoms with Crippen LogP contribution in [-0.4, -0.2) is 59.6 Å². The van der Waals surface area contributed by atoms with Crippen LogP contribution < -0.4 is 5.32 Å². The molecule has 1 fully saturated rings. The van der Waals surface area contributed by atoms with Crippen molar-refractivity contribution in [2.24, 2.45) is 5.92 Å². The number of rotatable bonds is 6. The summed E-state index contributed by atoms with van der Waals surface area (Å²) in [5.41, 5.74) is 1.42. The van der Waals surface area contributed by atoms with Gasteiger partial charge in [-0.1, -0.05) is 0 Å². The summed E-state index contributed by atoms with van der Waals surface area (Å²) >= 11 is 0. The van der Waals surface area contributed by atoms with E-state index in [1.165, 1.54) is 0 Å². The fourth-order valence-corrected chi connectivity index (χ4v) is 3.23. The summed E-state index contributed by atoms with van der Waals surface area (Å²) in [5.74, 6) is -0.248. The highest BCUT2D eigenvalue weighted by Crippen LogP contribution is 2.20. The molecule has 1 N–H and O–H groups in total. The molecule has 0 bridgehead atoms. The van der Waals surface area contributed by atoms with E-state index in [9.17, 15) is 9.59 Å². The van der Waals surface area contributed by atoms with Gasteiger partial charge in [0.2, 0.25) is 5.91 Å². The number of likely N-dealkylation sites (tertiary alicyclic amines) is 1. The van der Waals surface area contributed by atoms with E-state index < -0.39 is 0 Å². The number of pyridine rings is 1. The monoisotopic (exact) mass is 356 g/mol. The normalized spacial score (nSPS) is 17.1. The van der Waals surface area contributed by atoms with Crippen molar-refractivity contribution in [3.05, 3.63) is 48.5 Å². The quantitative estimate of drug-likeness (QED) is 0.796. The molecule has 1 unspecified atom stereocenters. The number of amides is 2. The molecule has 2 aromatic heterocycles. The molecule has 3 rings (SSSR count). The molecule has 2 amide bonds. The third-order valence-electron chi connectivity index (χ3n) is 4.58. The average Bonchev–Trinajstić information content (AvgIpc) is 3.18. The highest BCUT2D eigenvalue weighted by Gasteiger charge is 2.29. The van der Waals surface area contributed by atoms with E-state index in [4.69, 9.17) is 4.74 Å². The van der Waals surface area contributed by atoms with E-state index in [0.717, 1.165) is 18.5 Å². The lowest BCUT2D eigenvalue weighted by Gasteiger charge is -2.32. The first-order valence-electron chi connectivity index (χ1n) is 8.84. The number of methoxy groups -OCH3 is 1. The van der Waals surface area contributed by atoms with Crippen molar-refractivity contribution in [3.63, 3.8) is 0 Å². The van der Waals surface area contributed by atoms with Crippen molar-refractivity contribution in [3.8, 4) is 5.69 Å². The zero-order valence-corrected chi connectivity index (χ0v) is 14.9. The van der Waals surface area contributed by atoms with Gasteiger partial charge in [-0.25, -0.2) is 0 Å². The number of ether oxygens (including phenoxy) is 1. The van der Waals surface area contributed by atoms with Crippen molar-refractivity contribution in [1.29, 1.82) is 0 Å². The Balaban J connectivity index is 1.69. The molecular formula is C19H24N4O3. The van der Waals surface area contributed by atoms with Crippen LogP contribution in [-0.2, 0) is 9.53 Å². The van der Waals surface area contributed by atoms with Gasteiger partial charge in [0.15, 0.2) is 0 Å². The highest BCUT2D eigenvalue weighted by molar-refractivity contribution is 5.94. The summed E-state index contributed by atoms with van der Waals surface area (Å²) in [4.78, 5) is 31.2. The Labute approximate surface area is 153 Å². The van der Waals surface area contributed by atoms with Gasteiger partial charge >= 0.3 is 0 Å². The smallest absolute Gasteiger partial charge is 0.270 e. The maximum atomic E-state index is 13.0. The summed E-state index contributed by atoms with van der Waals surface area (Å²) in [5, 5.41) is 2.87. The molecule has 3 heterocycles. The van der Waals surface area contributed by atoms with Crippen LogP contribution >= 0.6 is 0 Å². The van der Waals surface area contributed by atoms with Crippen molar-refractivity contribution in [2.45, 2.75) is 12.8 Å². The van der Waals surface area contributed by atoms with E-state index in [1.807, 2.05) is 29.0 Å². The molecule has 1 saturated heterocycles. The first-order valence-corrected chi connectivity index (χ1v) is 8.84. The summed E-state index contributed by atoms with van der Waals surface area (Å²) in [6.07, 6.45) is 6.89. The van der Waals surface area contributed by atoms with E-state index in [1.54, 1.807) is 30.5 Å². The van der Waals surface area contributed by atoms with Gasteiger partial charge < -0.3 is 19.5 Å². The molecule has 0 radical (unpaired) electrons. The van der Waals surface area contributed by atoms with Crippen LogP contribution in [0.3, 0.4) is 0 Å². The zero-order valence-electron chi connectivity index (χ0n) is 14.9. The Morgan fingerprint density at radius 2 is 2.23 bits per heavy atom. The molecule has 1 atom stereocenters. The molecule has 7 nitrogen and oxygen atoms in total. The van der Waals surface area contributed by atoms with Crippen molar-refractivity contribution in [1.82, 2.24) is 19.8 Å². The number of aromatic nitrogens is 2. The lowest BCUT2D eigenvalue weighted by Crippen LogP contribution is -2.46. The standard InChI is InChI=1S/C19H24N4O3/c1-26-12-9-21-18(24)15-5-3-10-22(14-15)19(25)17-7-4-11-23(17)16-6-2-8-20-13-16/h2,4,6-8,11,13,15H,3,5,9-10,12,14H2,1H3,(H,21,24). The first-order chi connectivity index (χ1) is 12.7. The number of carbonyl (C=O) groups excluding carboxylic acids is 2. The predicted molar refractivity (Wildman–Crippen MR) is 97.1 cm³/mol. The first kappa shape index (κ1) is 18.1. The molecule has 1 aliphatic rings. The molecule has 0 saturated carbocycles. The Morgan fingerprint density at radius 3 is 3.00 bits per heavy atom. The third-order valence-corrected chi connectivity index (χ3v) is 4.58. The number of nitrogens with one attached hydrogen (secondary N) is 1. The molecule has 1 aliphatic heterocycles. The SMILES string of the molecule is COCCNC(=O)C1CCCN(C(=O)c2cccn2-c2cccnc2)C1. The number of carbonyl (C=O) groups is 2. The van der Waals surface area contributed by atoms with Crippen molar-refractivity contribution < 1.29 is 14.3 Å². The Bertz CT molecular complexity index is 744. The lowest BCUT2D eigenvalue weighted by atomic mass is 9.97. The molecule has 0 spiro atoms. The van der Waals surface area contributed by atoms with Crippen LogP contribution in [0.25, 0.3) is 5.69 Å². The van der Waals surface area contributed by atoms with Gasteiger partial charge in [0.1, 0.15) is 5.69 Å². The number of hydrogen-bond acceptors (Lipinski definition) is 4. The maximum Gasteiger partial charge on any atom is 0.270 e. The largest absolute Gasteiger partial charge is 0.383 e. The van der Waals surface area contributed by atoms with Crippen LogP contribution in [0, 0.1) is 5.92 Å². The Morgan fingerprint density at radius 1 is 1.35 bits per heavy atom. The average molecular weight is 356 g/mol. The van der Waals surface area contributed by atoms with Crippen molar-refractivity contribution >= 4 is 11.8 Å². The van der Waals surface area contributed by atoms with Crippen LogP contribution in [0.2, 0.25) is 0 Å². The highest BCUT2D eigenvalue weighted by atomic mass is 16.5. The minimum absolute atomic E-state index is 0.0119.